The minimum Gasteiger partial charge on any atom is -0.269 e. The third-order valence-corrected chi connectivity index (χ3v) is 0.725. The Morgan fingerprint density at radius 3 is 3.00 bits per heavy atom. The standard InChI is InChI=1S/CH2N2O2S/c4-3-5-2-1-6-3/h1,4H. The minimum absolute atomic E-state index is 0.556. The number of rotatable bonds is 0. The van der Waals surface area contributed by atoms with E-state index < -0.39 is 0 Å². The Kier molecular flexibility index (Phi) is 0.952. The van der Waals surface area contributed by atoms with E-state index in [2.05, 4.69) is 10.1 Å². The molecule has 1 aliphatic rings. The monoisotopic (exact) mass is 106 g/mol. The van der Waals surface area contributed by atoms with E-state index >= 15 is 0 Å². The Labute approximate surface area is 38.4 Å². The van der Waals surface area contributed by atoms with Gasteiger partial charge < -0.3 is 0 Å². The summed E-state index contributed by atoms with van der Waals surface area (Å²) in [6.07, 6.45) is 0. The summed E-state index contributed by atoms with van der Waals surface area (Å²) >= 11 is 0.972. The molecule has 0 bridgehead atoms. The largest absolute Gasteiger partial charge is 0.269 e. The summed E-state index contributed by atoms with van der Waals surface area (Å²) in [7, 11) is 0. The fourth-order valence-electron chi connectivity index (χ4n) is 0.138. The first-order chi connectivity index (χ1) is 2.89. The Morgan fingerprint density at radius 2 is 2.83 bits per heavy atom. The van der Waals surface area contributed by atoms with Crippen LogP contribution in [0.2, 0.25) is 0 Å². The highest BCUT2D eigenvalue weighted by Gasteiger charge is 2.02. The van der Waals surface area contributed by atoms with Crippen LogP contribution in [0.5, 0.6) is 0 Å². The molecule has 0 saturated heterocycles. The Bertz CT molecular complexity index is 65.9. The molecule has 4 nitrogen and oxygen atoms in total. The summed E-state index contributed by atoms with van der Waals surface area (Å²) < 4.78 is 0.556. The highest BCUT2D eigenvalue weighted by atomic mass is 32.2. The molecule has 0 spiro atoms. The van der Waals surface area contributed by atoms with Crippen LogP contribution in [0.15, 0.2) is 5.16 Å². The van der Waals surface area contributed by atoms with Gasteiger partial charge >= 0.3 is 0 Å². The van der Waals surface area contributed by atoms with Gasteiger partial charge in [-0.15, -0.1) is 0 Å². The molecule has 0 unspecified atom stereocenters. The molecule has 0 aliphatic carbocycles. The van der Waals surface area contributed by atoms with E-state index in [0.717, 1.165) is 11.9 Å². The van der Waals surface area contributed by atoms with Crippen molar-refractivity contribution in [2.24, 2.45) is 5.16 Å². The molecular formula is CH2N2O2S. The third-order valence-electron chi connectivity index (χ3n) is 0.297. The lowest BCUT2D eigenvalue weighted by atomic mass is 11.7. The second-order valence-electron chi connectivity index (χ2n) is 0.636. The normalized spacial score (nSPS) is 21.5. The van der Waals surface area contributed by atoms with Crippen LogP contribution in [0.3, 0.4) is 0 Å². The van der Waals surface area contributed by atoms with Gasteiger partial charge in [-0.25, -0.2) is 0 Å². The van der Waals surface area contributed by atoms with Crippen molar-refractivity contribution in [2.75, 3.05) is 0 Å². The lowest BCUT2D eigenvalue weighted by Gasteiger charge is -1.93. The maximum Gasteiger partial charge on any atom is 0.123 e. The Hall–Kier alpha value is -0.260. The average molecular weight is 106 g/mol. The van der Waals surface area contributed by atoms with E-state index in [0.29, 0.717) is 4.63 Å². The molecule has 0 amide bonds. The lowest BCUT2D eigenvalue weighted by molar-refractivity contribution is -0.254. The van der Waals surface area contributed by atoms with Crippen LogP contribution in [0, 0.1) is 0 Å². The molecule has 0 aromatic heterocycles. The molecule has 1 rings (SSSR count). The van der Waals surface area contributed by atoms with E-state index in [9.17, 15) is 0 Å². The number of oxime groups is 1. The van der Waals surface area contributed by atoms with Crippen LogP contribution in [0.25, 0.3) is 0 Å². The van der Waals surface area contributed by atoms with Crippen molar-refractivity contribution in [1.29, 1.82) is 0 Å². The number of hydrogen-bond acceptors (Lipinski definition) is 5. The summed E-state index contributed by atoms with van der Waals surface area (Å²) in [5, 5.41) is 11.4. The first-order valence-electron chi connectivity index (χ1n) is 1.24. The molecule has 34 valence electrons. The van der Waals surface area contributed by atoms with Gasteiger partial charge in [0.2, 0.25) is 0 Å². The summed E-state index contributed by atoms with van der Waals surface area (Å²) in [6, 6.07) is 0. The summed E-state index contributed by atoms with van der Waals surface area (Å²) in [5.41, 5.74) is 1.38. The maximum absolute atomic E-state index is 8.18. The van der Waals surface area contributed by atoms with Gasteiger partial charge in [0.1, 0.15) is 5.55 Å². The maximum atomic E-state index is 8.18. The molecular weight excluding hydrogens is 104 g/mol. The summed E-state index contributed by atoms with van der Waals surface area (Å²) in [4.78, 5) is 4.07. The second kappa shape index (κ2) is 1.46. The lowest BCUT2D eigenvalue weighted by Crippen LogP contribution is -1.99. The van der Waals surface area contributed by atoms with Gasteiger partial charge in [0, 0.05) is 11.9 Å². The second-order valence-corrected chi connectivity index (χ2v) is 1.37. The van der Waals surface area contributed by atoms with Gasteiger partial charge in [-0.05, 0) is 0 Å². The Morgan fingerprint density at radius 1 is 2.00 bits per heavy atom. The van der Waals surface area contributed by atoms with Crippen molar-refractivity contribution in [2.45, 2.75) is 0 Å². The van der Waals surface area contributed by atoms with Crippen LogP contribution in [-0.4, -0.2) is 15.4 Å². The van der Waals surface area contributed by atoms with E-state index in [1.807, 2.05) is 0 Å². The van der Waals surface area contributed by atoms with Gasteiger partial charge in [-0.1, -0.05) is 5.16 Å². The van der Waals surface area contributed by atoms with Crippen molar-refractivity contribution in [3.63, 3.8) is 0 Å². The van der Waals surface area contributed by atoms with Gasteiger partial charge in [0.05, 0.1) is 4.63 Å². The first-order valence-corrected chi connectivity index (χ1v) is 2.08. The summed E-state index contributed by atoms with van der Waals surface area (Å²) in [6.45, 7) is 0. The van der Waals surface area contributed by atoms with E-state index in [1.54, 1.807) is 0 Å². The molecule has 0 saturated carbocycles. The van der Waals surface area contributed by atoms with Crippen molar-refractivity contribution in [1.82, 2.24) is 4.63 Å². The van der Waals surface area contributed by atoms with Gasteiger partial charge in [-0.3, -0.25) is 10.1 Å². The number of nitrogens with zero attached hydrogens (tertiary/aromatic N) is 2. The minimum atomic E-state index is 0.556. The third kappa shape index (κ3) is 0.618. The van der Waals surface area contributed by atoms with Crippen molar-refractivity contribution in [3.05, 3.63) is 0 Å². The SMILES string of the molecule is ON1ON=CS1. The zero-order valence-corrected chi connectivity index (χ0v) is 3.55. The van der Waals surface area contributed by atoms with Gasteiger partial charge in [-0.2, -0.15) is 0 Å². The fourth-order valence-corrected chi connectivity index (χ4v) is 0.373. The van der Waals surface area contributed by atoms with Gasteiger partial charge in [0.25, 0.3) is 0 Å². The zero-order chi connectivity index (χ0) is 4.41. The van der Waals surface area contributed by atoms with Crippen molar-refractivity contribution >= 4 is 17.5 Å². The molecule has 5 heteroatoms. The molecule has 1 heterocycles. The molecule has 1 N–H and O–H groups in total. The molecule has 0 radical (unpaired) electrons. The smallest absolute Gasteiger partial charge is 0.123 e. The van der Waals surface area contributed by atoms with Crippen LogP contribution < -0.4 is 0 Å². The average Bonchev–Trinajstić information content (AvgIpc) is 1.86. The van der Waals surface area contributed by atoms with Crippen LogP contribution >= 0.6 is 11.9 Å². The molecule has 0 atom stereocenters. The Balaban J connectivity index is 2.32. The fraction of sp³-hybridized carbons (Fsp3) is 0. The van der Waals surface area contributed by atoms with Crippen molar-refractivity contribution in [3.8, 4) is 0 Å². The van der Waals surface area contributed by atoms with Gasteiger partial charge in [0.15, 0.2) is 0 Å². The highest BCUT2D eigenvalue weighted by molar-refractivity contribution is 8.09. The van der Waals surface area contributed by atoms with E-state index in [-0.39, 0.29) is 0 Å². The van der Waals surface area contributed by atoms with Crippen LogP contribution in [0.1, 0.15) is 0 Å². The summed E-state index contributed by atoms with van der Waals surface area (Å²) in [5.74, 6) is 0. The topological polar surface area (TPSA) is 45.1 Å². The highest BCUT2D eigenvalue weighted by Crippen LogP contribution is 2.08. The zero-order valence-electron chi connectivity index (χ0n) is 2.74. The molecule has 1 aliphatic heterocycles. The molecule has 0 aromatic carbocycles. The first kappa shape index (κ1) is 3.91. The number of hydrogen-bond donors (Lipinski definition) is 1. The molecule has 0 aromatic rings. The predicted octanol–water partition coefficient (Wildman–Crippen LogP) is 0.214. The molecule has 0 fully saturated rings. The quantitative estimate of drug-likeness (QED) is 0.448. The predicted molar refractivity (Wildman–Crippen MR) is 20.8 cm³/mol. The van der Waals surface area contributed by atoms with E-state index in [1.165, 1.54) is 5.55 Å². The van der Waals surface area contributed by atoms with Crippen LogP contribution in [-0.2, 0) is 4.94 Å². The van der Waals surface area contributed by atoms with Crippen LogP contribution in [0.4, 0.5) is 0 Å². The van der Waals surface area contributed by atoms with Crippen molar-refractivity contribution < 1.29 is 10.1 Å². The molecule has 6 heavy (non-hydrogen) atoms. The van der Waals surface area contributed by atoms with E-state index in [4.69, 9.17) is 5.21 Å².